The number of aromatic nitrogens is 3. The molecule has 2 N–H and O–H groups in total. The number of ether oxygens (including phenoxy) is 1. The maximum absolute atomic E-state index is 11.6. The van der Waals surface area contributed by atoms with Gasteiger partial charge in [-0.2, -0.15) is 0 Å². The molecule has 0 radical (unpaired) electrons. The number of para-hydroxylation sites is 1. The number of amides is 1. The van der Waals surface area contributed by atoms with Crippen LogP contribution in [0.4, 0.5) is 10.6 Å². The van der Waals surface area contributed by atoms with Gasteiger partial charge in [0, 0.05) is 12.0 Å². The SMILES string of the molecule is CCOCc1nc2c(NC(=O)P)nc3ccccc3c2n1CC(C)(C)O. The zero-order chi connectivity index (χ0) is 18.9. The number of imidazole rings is 1. The zero-order valence-corrected chi connectivity index (χ0v) is 16.3. The number of pyridine rings is 1. The van der Waals surface area contributed by atoms with Gasteiger partial charge in [-0.15, -0.1) is 0 Å². The molecule has 2 heterocycles. The van der Waals surface area contributed by atoms with Crippen LogP contribution in [0.5, 0.6) is 0 Å². The van der Waals surface area contributed by atoms with E-state index in [1.165, 1.54) is 0 Å². The minimum atomic E-state index is -0.941. The lowest BCUT2D eigenvalue weighted by molar-refractivity contribution is 0.0582. The van der Waals surface area contributed by atoms with Crippen LogP contribution in [0.2, 0.25) is 0 Å². The van der Waals surface area contributed by atoms with E-state index in [-0.39, 0.29) is 5.65 Å². The molecule has 2 aromatic heterocycles. The van der Waals surface area contributed by atoms with Crippen LogP contribution in [-0.4, -0.2) is 37.5 Å². The first-order chi connectivity index (χ1) is 12.3. The minimum absolute atomic E-state index is 0.294. The van der Waals surface area contributed by atoms with Gasteiger partial charge in [-0.1, -0.05) is 18.2 Å². The average Bonchev–Trinajstić information content (AvgIpc) is 2.90. The normalized spacial score (nSPS) is 12.0. The smallest absolute Gasteiger partial charge is 0.240 e. The Kier molecular flexibility index (Phi) is 5.23. The van der Waals surface area contributed by atoms with E-state index < -0.39 is 5.60 Å². The Bertz CT molecular complexity index is 962. The summed E-state index contributed by atoms with van der Waals surface area (Å²) in [5.41, 5.74) is 0.911. The lowest BCUT2D eigenvalue weighted by Crippen LogP contribution is -2.27. The number of carbonyl (C=O) groups excluding carboxylic acids is 1. The molecule has 0 spiro atoms. The highest BCUT2D eigenvalue weighted by molar-refractivity contribution is 7.40. The second-order valence-corrected chi connectivity index (χ2v) is 7.25. The molecule has 0 aliphatic rings. The topological polar surface area (TPSA) is 89.3 Å². The van der Waals surface area contributed by atoms with Crippen LogP contribution in [0, 0.1) is 0 Å². The van der Waals surface area contributed by atoms with Crippen molar-refractivity contribution in [1.29, 1.82) is 0 Å². The molecule has 7 nitrogen and oxygen atoms in total. The molecule has 1 aromatic carbocycles. The van der Waals surface area contributed by atoms with E-state index in [1.54, 1.807) is 13.8 Å². The van der Waals surface area contributed by atoms with E-state index >= 15 is 0 Å². The van der Waals surface area contributed by atoms with Crippen LogP contribution in [0.25, 0.3) is 21.9 Å². The Morgan fingerprint density at radius 2 is 2.08 bits per heavy atom. The fraction of sp³-hybridized carbons (Fsp3) is 0.389. The second-order valence-electron chi connectivity index (χ2n) is 6.73. The molecule has 0 fully saturated rings. The maximum atomic E-state index is 11.6. The molecule has 26 heavy (non-hydrogen) atoms. The summed E-state index contributed by atoms with van der Waals surface area (Å²) in [4.78, 5) is 20.8. The number of aliphatic hydroxyl groups is 1. The number of fused-ring (bicyclic) bond motifs is 3. The summed E-state index contributed by atoms with van der Waals surface area (Å²) < 4.78 is 7.51. The van der Waals surface area contributed by atoms with Crippen molar-refractivity contribution in [3.8, 4) is 0 Å². The first-order valence-electron chi connectivity index (χ1n) is 8.44. The van der Waals surface area contributed by atoms with Crippen LogP contribution in [0.15, 0.2) is 24.3 Å². The van der Waals surface area contributed by atoms with Gasteiger partial charge in [-0.05, 0) is 36.1 Å². The lowest BCUT2D eigenvalue weighted by atomic mass is 10.1. The van der Waals surface area contributed by atoms with E-state index in [4.69, 9.17) is 4.74 Å². The van der Waals surface area contributed by atoms with Crippen molar-refractivity contribution in [2.24, 2.45) is 0 Å². The maximum Gasteiger partial charge on any atom is 0.240 e. The highest BCUT2D eigenvalue weighted by Crippen LogP contribution is 2.31. The molecule has 0 bridgehead atoms. The molecular weight excluding hydrogens is 351 g/mol. The van der Waals surface area contributed by atoms with Crippen molar-refractivity contribution < 1.29 is 14.6 Å². The van der Waals surface area contributed by atoms with Gasteiger partial charge in [0.25, 0.3) is 0 Å². The highest BCUT2D eigenvalue weighted by Gasteiger charge is 2.23. The standard InChI is InChI=1S/C18H23N4O3P/c1-4-25-9-13-20-14-15(22(13)10-18(2,3)24)11-7-5-6-8-12(11)19-16(14)21-17(23)26/h5-8,24H,4,9-10,26H2,1-3H3,(H,19,21,23). The third-order valence-electron chi connectivity index (χ3n) is 3.88. The predicted octanol–water partition coefficient (Wildman–Crippen LogP) is 3.30. The van der Waals surface area contributed by atoms with Gasteiger partial charge in [0.05, 0.1) is 23.2 Å². The molecule has 1 atom stereocenters. The van der Waals surface area contributed by atoms with Crippen LogP contribution in [-0.2, 0) is 17.9 Å². The molecule has 0 saturated heterocycles. The quantitative estimate of drug-likeness (QED) is 0.646. The predicted molar refractivity (Wildman–Crippen MR) is 105 cm³/mol. The summed E-state index contributed by atoms with van der Waals surface area (Å²) in [6.45, 7) is 6.62. The van der Waals surface area contributed by atoms with Gasteiger partial charge in [0.15, 0.2) is 5.82 Å². The van der Waals surface area contributed by atoms with Crippen molar-refractivity contribution >= 4 is 42.6 Å². The fourth-order valence-electron chi connectivity index (χ4n) is 2.95. The van der Waals surface area contributed by atoms with Crippen molar-refractivity contribution in [3.63, 3.8) is 0 Å². The van der Waals surface area contributed by atoms with E-state index in [1.807, 2.05) is 35.8 Å². The van der Waals surface area contributed by atoms with Gasteiger partial charge in [-0.25, -0.2) is 9.97 Å². The third-order valence-corrected chi connectivity index (χ3v) is 4.03. The monoisotopic (exact) mass is 374 g/mol. The Hall–Kier alpha value is -2.08. The summed E-state index contributed by atoms with van der Waals surface area (Å²) in [5.74, 6) is 1.08. The molecule has 3 aromatic rings. The number of nitrogens with one attached hydrogen (secondary N) is 1. The van der Waals surface area contributed by atoms with Crippen molar-refractivity contribution in [1.82, 2.24) is 14.5 Å². The van der Waals surface area contributed by atoms with Gasteiger partial charge >= 0.3 is 0 Å². The Morgan fingerprint density at radius 3 is 2.73 bits per heavy atom. The van der Waals surface area contributed by atoms with E-state index in [0.29, 0.717) is 36.9 Å². The number of rotatable bonds is 6. The van der Waals surface area contributed by atoms with E-state index in [0.717, 1.165) is 16.4 Å². The number of hydrogen-bond acceptors (Lipinski definition) is 5. The van der Waals surface area contributed by atoms with Crippen molar-refractivity contribution in [2.75, 3.05) is 11.9 Å². The van der Waals surface area contributed by atoms with Crippen molar-refractivity contribution in [2.45, 2.75) is 39.5 Å². The molecule has 1 unspecified atom stereocenters. The van der Waals surface area contributed by atoms with Gasteiger partial charge in [-0.3, -0.25) is 4.79 Å². The lowest BCUT2D eigenvalue weighted by Gasteiger charge is -2.20. The molecule has 1 amide bonds. The third kappa shape index (κ3) is 3.85. The molecule has 0 aliphatic heterocycles. The van der Waals surface area contributed by atoms with Crippen LogP contribution in [0.3, 0.4) is 0 Å². The summed E-state index contributed by atoms with van der Waals surface area (Å²) in [6, 6.07) is 7.67. The number of nitrogens with zero attached hydrogens (tertiary/aromatic N) is 3. The number of benzene rings is 1. The number of carbonyl (C=O) groups is 1. The molecule has 138 valence electrons. The molecule has 3 rings (SSSR count). The number of hydrogen-bond donors (Lipinski definition) is 2. The first-order valence-corrected chi connectivity index (χ1v) is 9.02. The van der Waals surface area contributed by atoms with Gasteiger partial charge in [0.2, 0.25) is 5.65 Å². The zero-order valence-electron chi connectivity index (χ0n) is 15.1. The Labute approximate surface area is 154 Å². The summed E-state index contributed by atoms with van der Waals surface area (Å²) in [6.07, 6.45) is 0. The Morgan fingerprint density at radius 1 is 1.35 bits per heavy atom. The molecule has 0 saturated carbocycles. The second kappa shape index (κ2) is 7.27. The van der Waals surface area contributed by atoms with Crippen LogP contribution < -0.4 is 5.32 Å². The first kappa shape index (κ1) is 18.7. The molecular formula is C18H23N4O3P. The highest BCUT2D eigenvalue weighted by atomic mass is 31.0. The molecule has 8 heteroatoms. The van der Waals surface area contributed by atoms with E-state index in [9.17, 15) is 9.90 Å². The Balaban J connectivity index is 2.35. The largest absolute Gasteiger partial charge is 0.389 e. The number of anilines is 1. The summed E-state index contributed by atoms with van der Waals surface area (Å²) in [7, 11) is 2.08. The van der Waals surface area contributed by atoms with E-state index in [2.05, 4.69) is 24.5 Å². The van der Waals surface area contributed by atoms with Gasteiger partial charge < -0.3 is 19.7 Å². The minimum Gasteiger partial charge on any atom is -0.389 e. The fourth-order valence-corrected chi connectivity index (χ4v) is 3.08. The average molecular weight is 374 g/mol. The van der Waals surface area contributed by atoms with Crippen LogP contribution in [0.1, 0.15) is 26.6 Å². The van der Waals surface area contributed by atoms with Crippen LogP contribution >= 0.6 is 9.24 Å². The molecule has 0 aliphatic carbocycles. The summed E-state index contributed by atoms with van der Waals surface area (Å²) in [5, 5.41) is 14.0. The van der Waals surface area contributed by atoms with Gasteiger partial charge in [0.1, 0.15) is 17.9 Å². The van der Waals surface area contributed by atoms with Crippen molar-refractivity contribution in [3.05, 3.63) is 30.1 Å². The summed E-state index contributed by atoms with van der Waals surface area (Å²) >= 11 is 0.